The number of hydrogen-bond donors (Lipinski definition) is 2. The van der Waals surface area contributed by atoms with Crippen LogP contribution in [-0.2, 0) is 11.3 Å². The second-order valence-electron chi connectivity index (χ2n) is 6.27. The van der Waals surface area contributed by atoms with Crippen molar-refractivity contribution < 1.29 is 4.79 Å². The van der Waals surface area contributed by atoms with Crippen molar-refractivity contribution in [2.75, 3.05) is 11.9 Å². The maximum Gasteiger partial charge on any atom is 0.258 e. The molecule has 1 aromatic heterocycles. The van der Waals surface area contributed by atoms with Crippen LogP contribution < -0.4 is 10.9 Å². The highest BCUT2D eigenvalue weighted by Crippen LogP contribution is 2.17. The molecule has 2 N–H and O–H groups in total. The molecule has 3 rings (SSSR count). The first-order valence-electron chi connectivity index (χ1n) is 8.76. The summed E-state index contributed by atoms with van der Waals surface area (Å²) < 4.78 is 0.901. The number of para-hydroxylation sites is 1. The van der Waals surface area contributed by atoms with Gasteiger partial charge in [-0.2, -0.15) is 0 Å². The quantitative estimate of drug-likeness (QED) is 0.629. The van der Waals surface area contributed by atoms with Crippen LogP contribution in [0.3, 0.4) is 0 Å². The fraction of sp³-hybridized carbons (Fsp3) is 0.250. The molecule has 7 heteroatoms. The van der Waals surface area contributed by atoms with Crippen molar-refractivity contribution in [1.29, 1.82) is 0 Å². The van der Waals surface area contributed by atoms with E-state index in [1.165, 1.54) is 0 Å². The molecule has 0 saturated carbocycles. The molecule has 0 aliphatic carbocycles. The van der Waals surface area contributed by atoms with Crippen molar-refractivity contribution >= 4 is 38.4 Å². The summed E-state index contributed by atoms with van der Waals surface area (Å²) in [7, 11) is 0. The average molecular weight is 429 g/mol. The smallest absolute Gasteiger partial charge is 0.258 e. The Morgan fingerprint density at radius 1 is 1.26 bits per heavy atom. The third-order valence-corrected chi connectivity index (χ3v) is 4.93. The molecule has 0 aliphatic heterocycles. The second-order valence-corrected chi connectivity index (χ2v) is 7.18. The number of rotatable bonds is 6. The lowest BCUT2D eigenvalue weighted by Gasteiger charge is -2.26. The number of nitrogens with zero attached hydrogens (tertiary/aromatic N) is 2. The summed E-state index contributed by atoms with van der Waals surface area (Å²) in [6, 6.07) is 14.3. The minimum Gasteiger partial charge on any atom is -0.325 e. The lowest BCUT2D eigenvalue weighted by atomic mass is 10.2. The van der Waals surface area contributed by atoms with Gasteiger partial charge in [-0.25, -0.2) is 4.98 Å². The lowest BCUT2D eigenvalue weighted by Crippen LogP contribution is -2.42. The van der Waals surface area contributed by atoms with E-state index in [1.807, 2.05) is 61.2 Å². The van der Waals surface area contributed by atoms with Gasteiger partial charge in [0, 0.05) is 10.2 Å². The Balaban J connectivity index is 1.76. The molecule has 1 unspecified atom stereocenters. The van der Waals surface area contributed by atoms with Crippen molar-refractivity contribution in [3.63, 3.8) is 0 Å². The molecule has 2 aromatic carbocycles. The largest absolute Gasteiger partial charge is 0.325 e. The highest BCUT2D eigenvalue weighted by atomic mass is 79.9. The summed E-state index contributed by atoms with van der Waals surface area (Å²) >= 11 is 3.40. The summed E-state index contributed by atoms with van der Waals surface area (Å²) in [4.78, 5) is 34.2. The maximum absolute atomic E-state index is 12.6. The third-order valence-electron chi connectivity index (χ3n) is 4.44. The topological polar surface area (TPSA) is 78.1 Å². The van der Waals surface area contributed by atoms with Gasteiger partial charge in [0.05, 0.1) is 23.5 Å². The molecule has 0 fully saturated rings. The Kier molecular flexibility index (Phi) is 6.03. The van der Waals surface area contributed by atoms with Crippen molar-refractivity contribution in [2.24, 2.45) is 0 Å². The fourth-order valence-corrected chi connectivity index (χ4v) is 3.30. The van der Waals surface area contributed by atoms with Gasteiger partial charge in [0.15, 0.2) is 0 Å². The first kappa shape index (κ1) is 19.3. The monoisotopic (exact) mass is 428 g/mol. The molecule has 6 nitrogen and oxygen atoms in total. The van der Waals surface area contributed by atoms with Crippen LogP contribution >= 0.6 is 15.9 Å². The highest BCUT2D eigenvalue weighted by molar-refractivity contribution is 9.10. The Bertz CT molecular complexity index is 1020. The van der Waals surface area contributed by atoms with Gasteiger partial charge in [0.1, 0.15) is 5.82 Å². The van der Waals surface area contributed by atoms with E-state index < -0.39 is 0 Å². The number of hydrogen-bond acceptors (Lipinski definition) is 4. The molecule has 27 heavy (non-hydrogen) atoms. The molecule has 0 spiro atoms. The van der Waals surface area contributed by atoms with Crippen LogP contribution in [-0.4, -0.2) is 33.4 Å². The first-order valence-corrected chi connectivity index (χ1v) is 9.55. The summed E-state index contributed by atoms with van der Waals surface area (Å²) in [6.07, 6.45) is 0. The molecule has 0 saturated heterocycles. The van der Waals surface area contributed by atoms with Crippen LogP contribution in [0, 0.1) is 0 Å². The van der Waals surface area contributed by atoms with Crippen LogP contribution in [0.25, 0.3) is 10.9 Å². The maximum atomic E-state index is 12.6. The molecule has 0 aliphatic rings. The number of benzene rings is 2. The SMILES string of the molecule is CCN(Cc1nc2ccccc2c(=O)[nH]1)C(C)C(=O)Nc1cccc(Br)c1. The molecule has 1 amide bonds. The van der Waals surface area contributed by atoms with Crippen molar-refractivity contribution in [1.82, 2.24) is 14.9 Å². The van der Waals surface area contributed by atoms with Crippen LogP contribution in [0.1, 0.15) is 19.7 Å². The normalized spacial score (nSPS) is 12.3. The number of carbonyl (C=O) groups is 1. The summed E-state index contributed by atoms with van der Waals surface area (Å²) in [5.74, 6) is 0.431. The van der Waals surface area contributed by atoms with E-state index in [-0.39, 0.29) is 17.5 Å². The minimum absolute atomic E-state index is 0.113. The zero-order valence-electron chi connectivity index (χ0n) is 15.2. The number of halogens is 1. The van der Waals surface area contributed by atoms with E-state index in [4.69, 9.17) is 0 Å². The van der Waals surface area contributed by atoms with E-state index in [9.17, 15) is 9.59 Å². The Morgan fingerprint density at radius 2 is 2.04 bits per heavy atom. The number of likely N-dealkylation sites (N-methyl/N-ethyl adjacent to an activating group) is 1. The Morgan fingerprint density at radius 3 is 2.78 bits per heavy atom. The third kappa shape index (κ3) is 4.61. The van der Waals surface area contributed by atoms with Crippen LogP contribution in [0.5, 0.6) is 0 Å². The number of aromatic nitrogens is 2. The Hall–Kier alpha value is -2.51. The van der Waals surface area contributed by atoms with E-state index >= 15 is 0 Å². The second kappa shape index (κ2) is 8.45. The molecular formula is C20H21BrN4O2. The predicted molar refractivity (Wildman–Crippen MR) is 111 cm³/mol. The van der Waals surface area contributed by atoms with E-state index in [0.717, 1.165) is 10.2 Å². The molecule has 1 heterocycles. The number of amides is 1. The fourth-order valence-electron chi connectivity index (χ4n) is 2.90. The highest BCUT2D eigenvalue weighted by Gasteiger charge is 2.21. The number of nitrogens with one attached hydrogen (secondary N) is 2. The van der Waals surface area contributed by atoms with Gasteiger partial charge in [-0.1, -0.05) is 41.1 Å². The van der Waals surface area contributed by atoms with Gasteiger partial charge >= 0.3 is 0 Å². The zero-order chi connectivity index (χ0) is 19.4. The lowest BCUT2D eigenvalue weighted by molar-refractivity contribution is -0.120. The van der Waals surface area contributed by atoms with Crippen molar-refractivity contribution in [2.45, 2.75) is 26.4 Å². The van der Waals surface area contributed by atoms with Crippen LogP contribution in [0.2, 0.25) is 0 Å². The Labute approximate surface area is 165 Å². The van der Waals surface area contributed by atoms with Gasteiger partial charge in [-0.05, 0) is 43.8 Å². The average Bonchev–Trinajstić information content (AvgIpc) is 2.65. The summed E-state index contributed by atoms with van der Waals surface area (Å²) in [5.41, 5.74) is 1.21. The number of aromatic amines is 1. The number of fused-ring (bicyclic) bond motifs is 1. The number of anilines is 1. The molecular weight excluding hydrogens is 408 g/mol. The summed E-state index contributed by atoms with van der Waals surface area (Å²) in [6.45, 7) is 4.84. The van der Waals surface area contributed by atoms with E-state index in [1.54, 1.807) is 6.07 Å². The van der Waals surface area contributed by atoms with Crippen molar-refractivity contribution in [3.05, 3.63) is 69.2 Å². The van der Waals surface area contributed by atoms with Gasteiger partial charge in [-0.15, -0.1) is 0 Å². The minimum atomic E-state index is -0.384. The molecule has 0 bridgehead atoms. The predicted octanol–water partition coefficient (Wildman–Crippen LogP) is 3.53. The standard InChI is InChI=1S/C20H21BrN4O2/c1-3-25(13(2)19(26)22-15-8-6-7-14(21)11-15)12-18-23-17-10-5-4-9-16(17)20(27)24-18/h4-11,13H,3,12H2,1-2H3,(H,22,26)(H,23,24,27). The zero-order valence-corrected chi connectivity index (χ0v) is 16.8. The van der Waals surface area contributed by atoms with Gasteiger partial charge in [-0.3, -0.25) is 14.5 Å². The number of H-pyrrole nitrogens is 1. The van der Waals surface area contributed by atoms with Gasteiger partial charge in [0.2, 0.25) is 5.91 Å². The molecule has 3 aromatic rings. The van der Waals surface area contributed by atoms with E-state index in [0.29, 0.717) is 29.8 Å². The van der Waals surface area contributed by atoms with Gasteiger partial charge < -0.3 is 10.3 Å². The summed E-state index contributed by atoms with van der Waals surface area (Å²) in [5, 5.41) is 3.48. The van der Waals surface area contributed by atoms with E-state index in [2.05, 4.69) is 31.2 Å². The van der Waals surface area contributed by atoms with Crippen LogP contribution in [0.4, 0.5) is 5.69 Å². The first-order chi connectivity index (χ1) is 13.0. The molecule has 140 valence electrons. The molecule has 0 radical (unpaired) electrons. The molecule has 1 atom stereocenters. The van der Waals surface area contributed by atoms with Crippen LogP contribution in [0.15, 0.2) is 57.8 Å². The number of carbonyl (C=O) groups excluding carboxylic acids is 1. The van der Waals surface area contributed by atoms with Crippen molar-refractivity contribution in [3.8, 4) is 0 Å². The van der Waals surface area contributed by atoms with Gasteiger partial charge in [0.25, 0.3) is 5.56 Å².